The SMILES string of the molecule is CC(C)Cc1nc(-c2ccc(C(N)=O)cc2)n[nH]1. The third kappa shape index (κ3) is 2.74. The lowest BCUT2D eigenvalue weighted by Crippen LogP contribution is -2.10. The Hall–Kier alpha value is -2.17. The first-order valence-corrected chi connectivity index (χ1v) is 5.88. The van der Waals surface area contributed by atoms with Crippen molar-refractivity contribution >= 4 is 5.91 Å². The van der Waals surface area contributed by atoms with E-state index in [4.69, 9.17) is 5.73 Å². The number of aromatic nitrogens is 3. The Balaban J connectivity index is 2.20. The summed E-state index contributed by atoms with van der Waals surface area (Å²) in [4.78, 5) is 15.4. The van der Waals surface area contributed by atoms with E-state index in [1.165, 1.54) is 0 Å². The number of nitrogens with zero attached hydrogens (tertiary/aromatic N) is 2. The third-order valence-corrected chi connectivity index (χ3v) is 2.56. The fraction of sp³-hybridized carbons (Fsp3) is 0.308. The number of amides is 1. The van der Waals surface area contributed by atoms with Gasteiger partial charge < -0.3 is 5.73 Å². The summed E-state index contributed by atoms with van der Waals surface area (Å²) in [5.41, 5.74) is 6.54. The summed E-state index contributed by atoms with van der Waals surface area (Å²) in [7, 11) is 0. The number of hydrogen-bond donors (Lipinski definition) is 2. The molecule has 0 radical (unpaired) electrons. The lowest BCUT2D eigenvalue weighted by atomic mass is 10.1. The molecule has 1 amide bonds. The number of carbonyl (C=O) groups excluding carboxylic acids is 1. The van der Waals surface area contributed by atoms with Gasteiger partial charge in [0.05, 0.1) is 0 Å². The highest BCUT2D eigenvalue weighted by molar-refractivity contribution is 5.93. The summed E-state index contributed by atoms with van der Waals surface area (Å²) in [6.45, 7) is 4.26. The summed E-state index contributed by atoms with van der Waals surface area (Å²) < 4.78 is 0. The van der Waals surface area contributed by atoms with Crippen molar-refractivity contribution < 1.29 is 4.79 Å². The van der Waals surface area contributed by atoms with Gasteiger partial charge in [0.25, 0.3) is 0 Å². The maximum absolute atomic E-state index is 11.0. The number of aromatic amines is 1. The predicted molar refractivity (Wildman–Crippen MR) is 68.9 cm³/mol. The average Bonchev–Trinajstić information content (AvgIpc) is 2.76. The molecule has 5 heteroatoms. The zero-order valence-electron chi connectivity index (χ0n) is 10.5. The lowest BCUT2D eigenvalue weighted by molar-refractivity contribution is 0.100. The summed E-state index contributed by atoms with van der Waals surface area (Å²) in [5.74, 6) is 1.61. The van der Waals surface area contributed by atoms with Gasteiger partial charge in [0.15, 0.2) is 5.82 Å². The fourth-order valence-corrected chi connectivity index (χ4v) is 1.69. The van der Waals surface area contributed by atoms with Gasteiger partial charge in [-0.3, -0.25) is 9.89 Å². The van der Waals surface area contributed by atoms with E-state index in [0.717, 1.165) is 17.8 Å². The molecule has 0 spiro atoms. The molecule has 1 aromatic heterocycles. The van der Waals surface area contributed by atoms with E-state index in [1.807, 2.05) is 0 Å². The molecule has 0 saturated heterocycles. The summed E-state index contributed by atoms with van der Waals surface area (Å²) in [6, 6.07) is 6.94. The highest BCUT2D eigenvalue weighted by Gasteiger charge is 2.08. The summed E-state index contributed by atoms with van der Waals surface area (Å²) in [6.07, 6.45) is 0.867. The maximum Gasteiger partial charge on any atom is 0.248 e. The molecule has 3 N–H and O–H groups in total. The molecule has 0 aliphatic rings. The number of nitrogens with one attached hydrogen (secondary N) is 1. The number of rotatable bonds is 4. The van der Waals surface area contributed by atoms with Crippen molar-refractivity contribution in [3.8, 4) is 11.4 Å². The van der Waals surface area contributed by atoms with Gasteiger partial charge in [-0.15, -0.1) is 0 Å². The number of nitrogens with two attached hydrogens (primary N) is 1. The van der Waals surface area contributed by atoms with Crippen LogP contribution in [-0.2, 0) is 6.42 Å². The van der Waals surface area contributed by atoms with Gasteiger partial charge in [-0.2, -0.15) is 5.10 Å². The van der Waals surface area contributed by atoms with Crippen molar-refractivity contribution in [2.24, 2.45) is 11.7 Å². The number of H-pyrrole nitrogens is 1. The molecule has 0 atom stereocenters. The lowest BCUT2D eigenvalue weighted by Gasteiger charge is -1.99. The van der Waals surface area contributed by atoms with Crippen LogP contribution in [0.3, 0.4) is 0 Å². The Kier molecular flexibility index (Phi) is 3.41. The molecule has 2 aromatic rings. The minimum Gasteiger partial charge on any atom is -0.366 e. The van der Waals surface area contributed by atoms with Gasteiger partial charge in [-0.1, -0.05) is 26.0 Å². The van der Waals surface area contributed by atoms with E-state index >= 15 is 0 Å². The van der Waals surface area contributed by atoms with Crippen LogP contribution in [0, 0.1) is 5.92 Å². The average molecular weight is 244 g/mol. The number of carbonyl (C=O) groups is 1. The first-order chi connectivity index (χ1) is 8.56. The fourth-order valence-electron chi connectivity index (χ4n) is 1.69. The standard InChI is InChI=1S/C13H16N4O/c1-8(2)7-11-15-13(17-16-11)10-5-3-9(4-6-10)12(14)18/h3-6,8H,7H2,1-2H3,(H2,14,18)(H,15,16,17). The second-order valence-electron chi connectivity index (χ2n) is 4.65. The Bertz CT molecular complexity index is 542. The molecule has 94 valence electrons. The zero-order chi connectivity index (χ0) is 13.1. The molecule has 0 bridgehead atoms. The first-order valence-electron chi connectivity index (χ1n) is 5.88. The smallest absolute Gasteiger partial charge is 0.248 e. The van der Waals surface area contributed by atoms with Crippen molar-refractivity contribution in [2.45, 2.75) is 20.3 Å². The van der Waals surface area contributed by atoms with Crippen LogP contribution >= 0.6 is 0 Å². The van der Waals surface area contributed by atoms with Gasteiger partial charge in [-0.25, -0.2) is 4.98 Å². The molecule has 0 fully saturated rings. The van der Waals surface area contributed by atoms with Gasteiger partial charge >= 0.3 is 0 Å². The Morgan fingerprint density at radius 2 is 2.00 bits per heavy atom. The molecule has 0 saturated carbocycles. The predicted octanol–water partition coefficient (Wildman–Crippen LogP) is 1.77. The van der Waals surface area contributed by atoms with Crippen molar-refractivity contribution in [3.05, 3.63) is 35.7 Å². The van der Waals surface area contributed by atoms with Gasteiger partial charge in [0.2, 0.25) is 5.91 Å². The van der Waals surface area contributed by atoms with Crippen molar-refractivity contribution in [2.75, 3.05) is 0 Å². The van der Waals surface area contributed by atoms with E-state index in [2.05, 4.69) is 29.0 Å². The minimum atomic E-state index is -0.433. The minimum absolute atomic E-state index is 0.433. The molecule has 0 aliphatic heterocycles. The monoisotopic (exact) mass is 244 g/mol. The van der Waals surface area contributed by atoms with E-state index < -0.39 is 5.91 Å². The molecular formula is C13H16N4O. The largest absolute Gasteiger partial charge is 0.366 e. The molecule has 2 rings (SSSR count). The molecule has 5 nitrogen and oxygen atoms in total. The Morgan fingerprint density at radius 1 is 1.33 bits per heavy atom. The highest BCUT2D eigenvalue weighted by atomic mass is 16.1. The molecule has 18 heavy (non-hydrogen) atoms. The van der Waals surface area contributed by atoms with Crippen LogP contribution < -0.4 is 5.73 Å². The van der Waals surface area contributed by atoms with Crippen molar-refractivity contribution in [1.29, 1.82) is 0 Å². The van der Waals surface area contributed by atoms with Crippen molar-refractivity contribution in [3.63, 3.8) is 0 Å². The van der Waals surface area contributed by atoms with Crippen LogP contribution in [0.25, 0.3) is 11.4 Å². The second kappa shape index (κ2) is 5.00. The molecular weight excluding hydrogens is 228 g/mol. The third-order valence-electron chi connectivity index (χ3n) is 2.56. The molecule has 0 aliphatic carbocycles. The Morgan fingerprint density at radius 3 is 2.56 bits per heavy atom. The first kappa shape index (κ1) is 12.3. The van der Waals surface area contributed by atoms with E-state index in [9.17, 15) is 4.79 Å². The van der Waals surface area contributed by atoms with Crippen LogP contribution in [-0.4, -0.2) is 21.1 Å². The molecule has 1 aromatic carbocycles. The second-order valence-corrected chi connectivity index (χ2v) is 4.65. The normalized spacial score (nSPS) is 10.8. The van der Waals surface area contributed by atoms with E-state index in [1.54, 1.807) is 24.3 Å². The van der Waals surface area contributed by atoms with Crippen LogP contribution in [0.4, 0.5) is 0 Å². The van der Waals surface area contributed by atoms with Crippen LogP contribution in [0.15, 0.2) is 24.3 Å². The maximum atomic E-state index is 11.0. The van der Waals surface area contributed by atoms with Crippen LogP contribution in [0.1, 0.15) is 30.0 Å². The van der Waals surface area contributed by atoms with Gasteiger partial charge in [0, 0.05) is 17.5 Å². The molecule has 1 heterocycles. The van der Waals surface area contributed by atoms with E-state index in [-0.39, 0.29) is 0 Å². The summed E-state index contributed by atoms with van der Waals surface area (Å²) >= 11 is 0. The number of hydrogen-bond acceptors (Lipinski definition) is 3. The Labute approximate surface area is 105 Å². The number of primary amides is 1. The van der Waals surface area contributed by atoms with Crippen LogP contribution in [0.2, 0.25) is 0 Å². The van der Waals surface area contributed by atoms with E-state index in [0.29, 0.717) is 17.3 Å². The highest BCUT2D eigenvalue weighted by Crippen LogP contribution is 2.16. The summed E-state index contributed by atoms with van der Waals surface area (Å²) in [5, 5.41) is 7.08. The molecule has 0 unspecified atom stereocenters. The van der Waals surface area contributed by atoms with Gasteiger partial charge in [-0.05, 0) is 18.1 Å². The number of benzene rings is 1. The van der Waals surface area contributed by atoms with Crippen molar-refractivity contribution in [1.82, 2.24) is 15.2 Å². The topological polar surface area (TPSA) is 84.7 Å². The van der Waals surface area contributed by atoms with Crippen LogP contribution in [0.5, 0.6) is 0 Å². The quantitative estimate of drug-likeness (QED) is 0.859. The zero-order valence-corrected chi connectivity index (χ0v) is 10.5. The van der Waals surface area contributed by atoms with Gasteiger partial charge in [0.1, 0.15) is 5.82 Å².